The van der Waals surface area contributed by atoms with Crippen LogP contribution in [-0.2, 0) is 6.42 Å². The van der Waals surface area contributed by atoms with E-state index in [1.165, 1.54) is 5.56 Å². The molecule has 4 rings (SSSR count). The van der Waals surface area contributed by atoms with Gasteiger partial charge < -0.3 is 20.6 Å². The number of nitrogens with two attached hydrogens (primary N) is 1. The van der Waals surface area contributed by atoms with E-state index in [9.17, 15) is 0 Å². The van der Waals surface area contributed by atoms with Crippen LogP contribution in [-0.4, -0.2) is 18.5 Å². The third-order valence-electron chi connectivity index (χ3n) is 3.96. The highest BCUT2D eigenvalue weighted by Gasteiger charge is 2.23. The monoisotopic (exact) mass is 367 g/mol. The first kappa shape index (κ1) is 18.2. The third kappa shape index (κ3) is 3.23. The highest BCUT2D eigenvalue weighted by molar-refractivity contribution is 6.14. The normalized spacial score (nSPS) is 17.4. The van der Waals surface area contributed by atoms with Crippen LogP contribution in [0.15, 0.2) is 41.5 Å². The molecule has 0 radical (unpaired) electrons. The number of anilines is 1. The van der Waals surface area contributed by atoms with Gasteiger partial charge in [0, 0.05) is 22.9 Å². The molecule has 0 spiro atoms. The second kappa shape index (κ2) is 7.20. The van der Waals surface area contributed by atoms with Gasteiger partial charge in [0.2, 0.25) is 6.79 Å². The summed E-state index contributed by atoms with van der Waals surface area (Å²) in [5, 5.41) is 4.60. The summed E-state index contributed by atoms with van der Waals surface area (Å²) in [6.45, 7) is 2.39. The quantitative estimate of drug-likeness (QED) is 0.759. The van der Waals surface area contributed by atoms with E-state index in [1.54, 1.807) is 0 Å². The number of rotatable bonds is 1. The van der Waals surface area contributed by atoms with Crippen LogP contribution in [0.2, 0.25) is 0 Å². The van der Waals surface area contributed by atoms with Crippen molar-refractivity contribution >= 4 is 36.2 Å². The van der Waals surface area contributed by atoms with Crippen LogP contribution in [0.4, 0.5) is 5.69 Å². The molecule has 2 heterocycles. The number of hydrogen-bond donors (Lipinski definition) is 2. The number of nitrogens with zero attached hydrogens (tertiary/aromatic N) is 1. The van der Waals surface area contributed by atoms with E-state index in [4.69, 9.17) is 15.2 Å². The second-order valence-electron chi connectivity index (χ2n) is 5.68. The fourth-order valence-corrected chi connectivity index (χ4v) is 2.84. The van der Waals surface area contributed by atoms with Crippen LogP contribution in [0.1, 0.15) is 23.6 Å². The van der Waals surface area contributed by atoms with Gasteiger partial charge in [-0.3, -0.25) is 0 Å². The average Bonchev–Trinajstić information content (AvgIpc) is 2.89. The minimum absolute atomic E-state index is 0. The largest absolute Gasteiger partial charge is 0.454 e. The third-order valence-corrected chi connectivity index (χ3v) is 3.96. The van der Waals surface area contributed by atoms with Gasteiger partial charge in [-0.15, -0.1) is 24.8 Å². The van der Waals surface area contributed by atoms with Gasteiger partial charge in [-0.2, -0.15) is 5.10 Å². The molecule has 1 unspecified atom stereocenters. The molecule has 3 N–H and O–H groups in total. The number of hydrogen-bond acceptors (Lipinski definition) is 5. The summed E-state index contributed by atoms with van der Waals surface area (Å²) in [4.78, 5) is 0. The van der Waals surface area contributed by atoms with Gasteiger partial charge in [0.25, 0.3) is 0 Å². The molecular weight excluding hydrogens is 349 g/mol. The standard InChI is InChI=1S/C17H17N3O2.2ClH/c1-10-6-12-7-15-16(22-9-21-15)8-14(12)17(20-19-10)11-2-4-13(18)5-3-11;;/h2-5,7-8,10,19H,6,9,18H2,1H3;2*1H. The summed E-state index contributed by atoms with van der Waals surface area (Å²) in [5.41, 5.74) is 13.9. The smallest absolute Gasteiger partial charge is 0.231 e. The van der Waals surface area contributed by atoms with Crippen molar-refractivity contribution in [3.63, 3.8) is 0 Å². The van der Waals surface area contributed by atoms with E-state index in [-0.39, 0.29) is 37.6 Å². The first-order valence-electron chi connectivity index (χ1n) is 7.33. The van der Waals surface area contributed by atoms with Crippen LogP contribution in [0.3, 0.4) is 0 Å². The molecular formula is C17H19Cl2N3O2. The fraction of sp³-hybridized carbons (Fsp3) is 0.235. The van der Waals surface area contributed by atoms with E-state index in [2.05, 4.69) is 23.5 Å². The summed E-state index contributed by atoms with van der Waals surface area (Å²) in [5.74, 6) is 1.58. The second-order valence-corrected chi connectivity index (χ2v) is 5.68. The Hall–Kier alpha value is -2.11. The first-order valence-corrected chi connectivity index (χ1v) is 7.33. The zero-order valence-corrected chi connectivity index (χ0v) is 14.7. The van der Waals surface area contributed by atoms with Crippen molar-refractivity contribution < 1.29 is 9.47 Å². The van der Waals surface area contributed by atoms with Crippen molar-refractivity contribution in [3.05, 3.63) is 53.1 Å². The highest BCUT2D eigenvalue weighted by Crippen LogP contribution is 2.36. The summed E-state index contributed by atoms with van der Waals surface area (Å²) in [6, 6.07) is 12.1. The molecule has 7 heteroatoms. The van der Waals surface area contributed by atoms with E-state index in [0.29, 0.717) is 0 Å². The van der Waals surface area contributed by atoms with Crippen LogP contribution < -0.4 is 20.6 Å². The summed E-state index contributed by atoms with van der Waals surface area (Å²) < 4.78 is 11.0. The zero-order chi connectivity index (χ0) is 15.1. The minimum Gasteiger partial charge on any atom is -0.454 e. The first-order chi connectivity index (χ1) is 10.7. The Morgan fingerprint density at radius 1 is 1.08 bits per heavy atom. The van der Waals surface area contributed by atoms with Crippen LogP contribution >= 0.6 is 24.8 Å². The van der Waals surface area contributed by atoms with E-state index < -0.39 is 0 Å². The van der Waals surface area contributed by atoms with E-state index in [0.717, 1.165) is 40.4 Å². The average molecular weight is 368 g/mol. The van der Waals surface area contributed by atoms with Crippen LogP contribution in [0.25, 0.3) is 0 Å². The molecule has 0 amide bonds. The molecule has 0 aliphatic carbocycles. The van der Waals surface area contributed by atoms with Gasteiger partial charge in [-0.1, -0.05) is 12.1 Å². The number of hydrazone groups is 1. The molecule has 128 valence electrons. The van der Waals surface area contributed by atoms with Gasteiger partial charge >= 0.3 is 0 Å². The van der Waals surface area contributed by atoms with Gasteiger partial charge in [0.15, 0.2) is 11.5 Å². The molecule has 0 aromatic heterocycles. The highest BCUT2D eigenvalue weighted by atomic mass is 35.5. The lowest BCUT2D eigenvalue weighted by atomic mass is 9.94. The van der Waals surface area contributed by atoms with E-state index >= 15 is 0 Å². The van der Waals surface area contributed by atoms with Crippen molar-refractivity contribution in [1.29, 1.82) is 0 Å². The molecule has 0 saturated heterocycles. The summed E-state index contributed by atoms with van der Waals surface area (Å²) in [6.07, 6.45) is 0.883. The molecule has 0 saturated carbocycles. The Balaban J connectivity index is 0.00000104. The number of ether oxygens (including phenoxy) is 2. The van der Waals surface area contributed by atoms with E-state index in [1.807, 2.05) is 30.3 Å². The molecule has 1 atom stereocenters. The molecule has 0 bridgehead atoms. The summed E-state index contributed by atoms with van der Waals surface area (Å²) in [7, 11) is 0. The van der Waals surface area contributed by atoms with Crippen molar-refractivity contribution in [2.24, 2.45) is 5.10 Å². The summed E-state index contributed by atoms with van der Waals surface area (Å²) >= 11 is 0. The SMILES string of the molecule is CC1Cc2cc3c(cc2C(c2ccc(N)cc2)=NN1)OCO3.Cl.Cl. The maximum Gasteiger partial charge on any atom is 0.231 e. The maximum absolute atomic E-state index is 5.79. The lowest BCUT2D eigenvalue weighted by Crippen LogP contribution is -2.21. The number of benzene rings is 2. The molecule has 2 aliphatic rings. The van der Waals surface area contributed by atoms with Crippen molar-refractivity contribution in [2.75, 3.05) is 12.5 Å². The number of nitrogen functional groups attached to an aromatic ring is 1. The molecule has 0 fully saturated rings. The molecule has 5 nitrogen and oxygen atoms in total. The van der Waals surface area contributed by atoms with Crippen molar-refractivity contribution in [2.45, 2.75) is 19.4 Å². The van der Waals surface area contributed by atoms with Crippen molar-refractivity contribution in [1.82, 2.24) is 5.43 Å². The Morgan fingerprint density at radius 2 is 1.75 bits per heavy atom. The zero-order valence-electron chi connectivity index (χ0n) is 13.1. The van der Waals surface area contributed by atoms with Crippen LogP contribution in [0.5, 0.6) is 11.5 Å². The van der Waals surface area contributed by atoms with Gasteiger partial charge in [0.05, 0.1) is 5.71 Å². The fourth-order valence-electron chi connectivity index (χ4n) is 2.84. The Labute approximate surface area is 153 Å². The molecule has 2 aromatic rings. The lowest BCUT2D eigenvalue weighted by molar-refractivity contribution is 0.174. The Morgan fingerprint density at radius 3 is 2.46 bits per heavy atom. The predicted octanol–water partition coefficient (Wildman–Crippen LogP) is 3.13. The van der Waals surface area contributed by atoms with Crippen LogP contribution in [0, 0.1) is 0 Å². The topological polar surface area (TPSA) is 68.9 Å². The number of fused-ring (bicyclic) bond motifs is 2. The van der Waals surface area contributed by atoms with Crippen molar-refractivity contribution in [3.8, 4) is 11.5 Å². The Kier molecular flexibility index (Phi) is 5.47. The number of halogens is 2. The van der Waals surface area contributed by atoms with Gasteiger partial charge in [-0.05, 0) is 43.2 Å². The van der Waals surface area contributed by atoms with Gasteiger partial charge in [-0.25, -0.2) is 0 Å². The predicted molar refractivity (Wildman–Crippen MR) is 99.9 cm³/mol. The molecule has 24 heavy (non-hydrogen) atoms. The Bertz CT molecular complexity index is 763. The molecule has 2 aliphatic heterocycles. The lowest BCUT2D eigenvalue weighted by Gasteiger charge is -2.11. The maximum atomic E-state index is 5.79. The number of nitrogens with one attached hydrogen (secondary N) is 1. The minimum atomic E-state index is 0. The molecule has 2 aromatic carbocycles. The van der Waals surface area contributed by atoms with Gasteiger partial charge in [0.1, 0.15) is 0 Å².